The number of aryl methyl sites for hydroxylation is 1. The van der Waals surface area contributed by atoms with Crippen LogP contribution in [-0.4, -0.2) is 65.0 Å². The maximum atomic E-state index is 12.5. The Bertz CT molecular complexity index is 614. The van der Waals surface area contributed by atoms with E-state index in [1.165, 1.54) is 0 Å². The molecule has 0 unspecified atom stereocenters. The molecule has 1 aliphatic rings. The van der Waals surface area contributed by atoms with Crippen molar-refractivity contribution in [2.75, 3.05) is 33.4 Å². The van der Waals surface area contributed by atoms with Crippen LogP contribution in [0.2, 0.25) is 0 Å². The predicted octanol–water partition coefficient (Wildman–Crippen LogP) is 0.0908. The van der Waals surface area contributed by atoms with E-state index in [0.29, 0.717) is 26.1 Å². The van der Waals surface area contributed by atoms with Crippen molar-refractivity contribution in [1.29, 1.82) is 0 Å². The number of aliphatic hydroxyl groups excluding tert-OH is 1. The minimum atomic E-state index is -0.845. The van der Waals surface area contributed by atoms with Gasteiger partial charge in [-0.3, -0.25) is 14.3 Å². The van der Waals surface area contributed by atoms with Crippen molar-refractivity contribution in [2.45, 2.75) is 26.3 Å². The first-order valence-corrected chi connectivity index (χ1v) is 8.46. The average Bonchev–Trinajstić information content (AvgIpc) is 3.13. The molecule has 2 N–H and O–H groups in total. The summed E-state index contributed by atoms with van der Waals surface area (Å²) in [6.45, 7) is 4.48. The van der Waals surface area contributed by atoms with Gasteiger partial charge in [-0.05, 0) is 13.8 Å². The number of carbonyl (C=O) groups is 2. The normalized spacial score (nSPS) is 21.0. The standard InChI is InChI=1S/C17H28N4O4/c1-17(2,11-22)16(24)18-8-12-7-14(23)21(5-6-25-4)15(12)13-9-19-20(3)10-13/h9-10,12,15,22H,5-8,11H2,1-4H3,(H,18,24)/t12-,15+/m1/s1. The summed E-state index contributed by atoms with van der Waals surface area (Å²) in [6.07, 6.45) is 4.02. The Kier molecular flexibility index (Phi) is 6.18. The Morgan fingerprint density at radius 3 is 2.80 bits per heavy atom. The van der Waals surface area contributed by atoms with Gasteiger partial charge in [0.1, 0.15) is 0 Å². The van der Waals surface area contributed by atoms with Crippen LogP contribution in [0.4, 0.5) is 0 Å². The van der Waals surface area contributed by atoms with Gasteiger partial charge in [0.05, 0.1) is 30.9 Å². The molecule has 0 aliphatic carbocycles. The smallest absolute Gasteiger partial charge is 0.227 e. The van der Waals surface area contributed by atoms with E-state index in [0.717, 1.165) is 5.56 Å². The first-order valence-electron chi connectivity index (χ1n) is 8.46. The number of aromatic nitrogens is 2. The maximum Gasteiger partial charge on any atom is 0.227 e. The molecular formula is C17H28N4O4. The van der Waals surface area contributed by atoms with Gasteiger partial charge >= 0.3 is 0 Å². The fourth-order valence-electron chi connectivity index (χ4n) is 3.08. The molecule has 0 radical (unpaired) electrons. The lowest BCUT2D eigenvalue weighted by Crippen LogP contribution is -2.42. The van der Waals surface area contributed by atoms with Gasteiger partial charge < -0.3 is 20.1 Å². The van der Waals surface area contributed by atoms with E-state index in [-0.39, 0.29) is 30.4 Å². The zero-order valence-electron chi connectivity index (χ0n) is 15.4. The lowest BCUT2D eigenvalue weighted by molar-refractivity contribution is -0.131. The third kappa shape index (κ3) is 4.38. The van der Waals surface area contributed by atoms with Crippen molar-refractivity contribution >= 4 is 11.8 Å². The minimum Gasteiger partial charge on any atom is -0.395 e. The summed E-state index contributed by atoms with van der Waals surface area (Å²) in [5.41, 5.74) is 0.104. The van der Waals surface area contributed by atoms with Gasteiger partial charge in [-0.1, -0.05) is 0 Å². The Morgan fingerprint density at radius 2 is 2.24 bits per heavy atom. The Morgan fingerprint density at radius 1 is 1.52 bits per heavy atom. The summed E-state index contributed by atoms with van der Waals surface area (Å²) in [7, 11) is 3.44. The third-order valence-electron chi connectivity index (χ3n) is 4.68. The van der Waals surface area contributed by atoms with Gasteiger partial charge in [0.25, 0.3) is 0 Å². The molecule has 25 heavy (non-hydrogen) atoms. The van der Waals surface area contributed by atoms with E-state index < -0.39 is 5.41 Å². The van der Waals surface area contributed by atoms with Crippen molar-refractivity contribution in [2.24, 2.45) is 18.4 Å². The van der Waals surface area contributed by atoms with Crippen LogP contribution < -0.4 is 5.32 Å². The van der Waals surface area contributed by atoms with Crippen molar-refractivity contribution < 1.29 is 19.4 Å². The number of methoxy groups -OCH3 is 1. The molecule has 140 valence electrons. The molecule has 2 heterocycles. The lowest BCUT2D eigenvalue weighted by atomic mass is 9.92. The molecule has 1 saturated heterocycles. The van der Waals surface area contributed by atoms with Crippen LogP contribution in [0.25, 0.3) is 0 Å². The molecule has 1 aliphatic heterocycles. The topological polar surface area (TPSA) is 96.7 Å². The Balaban J connectivity index is 2.14. The Labute approximate surface area is 148 Å². The number of amides is 2. The number of carbonyl (C=O) groups excluding carboxylic acids is 2. The van der Waals surface area contributed by atoms with Crippen LogP contribution in [-0.2, 0) is 21.4 Å². The molecule has 2 atom stereocenters. The highest BCUT2D eigenvalue weighted by Crippen LogP contribution is 2.37. The van der Waals surface area contributed by atoms with Gasteiger partial charge in [0.15, 0.2) is 0 Å². The maximum absolute atomic E-state index is 12.5. The fourth-order valence-corrected chi connectivity index (χ4v) is 3.08. The monoisotopic (exact) mass is 352 g/mol. The largest absolute Gasteiger partial charge is 0.395 e. The molecule has 0 spiro atoms. The summed E-state index contributed by atoms with van der Waals surface area (Å²) in [4.78, 5) is 26.5. The van der Waals surface area contributed by atoms with Crippen molar-refractivity contribution in [1.82, 2.24) is 20.0 Å². The highest BCUT2D eigenvalue weighted by atomic mass is 16.5. The van der Waals surface area contributed by atoms with Crippen molar-refractivity contribution in [3.05, 3.63) is 18.0 Å². The second kappa shape index (κ2) is 7.97. The van der Waals surface area contributed by atoms with Gasteiger partial charge in [-0.15, -0.1) is 0 Å². The molecule has 2 rings (SSSR count). The number of hydrogen-bond acceptors (Lipinski definition) is 5. The summed E-state index contributed by atoms with van der Waals surface area (Å²) >= 11 is 0. The van der Waals surface area contributed by atoms with Crippen LogP contribution >= 0.6 is 0 Å². The number of nitrogens with one attached hydrogen (secondary N) is 1. The number of likely N-dealkylation sites (tertiary alicyclic amines) is 1. The first-order chi connectivity index (χ1) is 11.8. The summed E-state index contributed by atoms with van der Waals surface area (Å²) in [5, 5.41) is 16.4. The van der Waals surface area contributed by atoms with Crippen LogP contribution in [0.3, 0.4) is 0 Å². The van der Waals surface area contributed by atoms with E-state index in [9.17, 15) is 14.7 Å². The molecule has 1 aromatic heterocycles. The van der Waals surface area contributed by atoms with Crippen LogP contribution in [0, 0.1) is 11.3 Å². The van der Waals surface area contributed by atoms with Crippen LogP contribution in [0.5, 0.6) is 0 Å². The molecule has 1 fully saturated rings. The lowest BCUT2D eigenvalue weighted by Gasteiger charge is -2.28. The Hall–Kier alpha value is -1.93. The van der Waals surface area contributed by atoms with Crippen molar-refractivity contribution in [3.63, 3.8) is 0 Å². The zero-order chi connectivity index (χ0) is 18.6. The number of ether oxygens (including phenoxy) is 1. The fraction of sp³-hybridized carbons (Fsp3) is 0.706. The summed E-state index contributed by atoms with van der Waals surface area (Å²) < 4.78 is 6.83. The third-order valence-corrected chi connectivity index (χ3v) is 4.68. The molecule has 8 heteroatoms. The van der Waals surface area contributed by atoms with E-state index in [2.05, 4.69) is 10.4 Å². The quantitative estimate of drug-likeness (QED) is 0.691. The molecule has 1 aromatic rings. The highest BCUT2D eigenvalue weighted by molar-refractivity contribution is 5.82. The summed E-state index contributed by atoms with van der Waals surface area (Å²) in [5.74, 6) is -0.221. The minimum absolute atomic E-state index is 0.0478. The van der Waals surface area contributed by atoms with Crippen LogP contribution in [0.1, 0.15) is 31.9 Å². The summed E-state index contributed by atoms with van der Waals surface area (Å²) in [6, 6.07) is -0.145. The second-order valence-corrected chi connectivity index (χ2v) is 7.19. The molecule has 0 bridgehead atoms. The van der Waals surface area contributed by atoms with Gasteiger partial charge in [-0.25, -0.2) is 0 Å². The second-order valence-electron chi connectivity index (χ2n) is 7.19. The molecule has 8 nitrogen and oxygen atoms in total. The molecule has 2 amide bonds. The number of hydrogen-bond donors (Lipinski definition) is 2. The van der Waals surface area contributed by atoms with E-state index >= 15 is 0 Å². The number of nitrogens with zero attached hydrogens (tertiary/aromatic N) is 3. The molecule has 0 aromatic carbocycles. The van der Waals surface area contributed by atoms with E-state index in [1.54, 1.807) is 36.7 Å². The predicted molar refractivity (Wildman–Crippen MR) is 91.5 cm³/mol. The van der Waals surface area contributed by atoms with Crippen LogP contribution in [0.15, 0.2) is 12.4 Å². The zero-order valence-corrected chi connectivity index (χ0v) is 15.4. The van der Waals surface area contributed by atoms with Gasteiger partial charge in [0, 0.05) is 51.3 Å². The number of aliphatic hydroxyl groups is 1. The highest BCUT2D eigenvalue weighted by Gasteiger charge is 2.41. The molecular weight excluding hydrogens is 324 g/mol. The van der Waals surface area contributed by atoms with Crippen molar-refractivity contribution in [3.8, 4) is 0 Å². The number of rotatable bonds is 8. The first kappa shape index (κ1) is 19.4. The van der Waals surface area contributed by atoms with Gasteiger partial charge in [0.2, 0.25) is 11.8 Å². The average molecular weight is 352 g/mol. The van der Waals surface area contributed by atoms with E-state index in [1.807, 2.05) is 13.2 Å². The SMILES string of the molecule is COCCN1C(=O)C[C@H](CNC(=O)C(C)(C)CO)[C@H]1c1cnn(C)c1. The van der Waals surface area contributed by atoms with E-state index in [4.69, 9.17) is 4.74 Å². The molecule has 0 saturated carbocycles. The van der Waals surface area contributed by atoms with Gasteiger partial charge in [-0.2, -0.15) is 5.10 Å².